The SMILES string of the molecule is CCOc1cc(CNc2cccc([N+](=O)[O-])c2)cc(Br)c1OCC(=O)Nc1ccc(C)c(Cl)c1. The number of nitrogens with one attached hydrogen (secondary N) is 2. The fourth-order valence-corrected chi connectivity index (χ4v) is 3.85. The van der Waals surface area contributed by atoms with E-state index in [1.807, 2.05) is 26.0 Å². The minimum Gasteiger partial charge on any atom is -0.490 e. The van der Waals surface area contributed by atoms with Gasteiger partial charge in [0.1, 0.15) is 0 Å². The predicted molar refractivity (Wildman–Crippen MR) is 136 cm³/mol. The number of amides is 1. The van der Waals surface area contributed by atoms with E-state index in [-0.39, 0.29) is 18.2 Å². The largest absolute Gasteiger partial charge is 0.490 e. The molecule has 0 fully saturated rings. The number of nitro benzene ring substituents is 1. The topological polar surface area (TPSA) is 103 Å². The van der Waals surface area contributed by atoms with Crippen molar-refractivity contribution in [1.29, 1.82) is 0 Å². The molecule has 3 aromatic carbocycles. The molecule has 0 saturated heterocycles. The molecule has 0 aliphatic rings. The molecule has 1 amide bonds. The van der Waals surface area contributed by atoms with Crippen molar-refractivity contribution in [2.75, 3.05) is 23.8 Å². The molecule has 0 saturated carbocycles. The number of hydrogen-bond donors (Lipinski definition) is 2. The molecule has 2 N–H and O–H groups in total. The average Bonchev–Trinajstić information content (AvgIpc) is 2.80. The van der Waals surface area contributed by atoms with Crippen LogP contribution in [0.15, 0.2) is 59.1 Å². The van der Waals surface area contributed by atoms with Gasteiger partial charge in [0, 0.05) is 35.1 Å². The number of carbonyl (C=O) groups excluding carboxylic acids is 1. The number of ether oxygens (including phenoxy) is 2. The summed E-state index contributed by atoms with van der Waals surface area (Å²) in [6.07, 6.45) is 0. The van der Waals surface area contributed by atoms with E-state index < -0.39 is 4.92 Å². The molecule has 0 aromatic heterocycles. The number of nitrogens with zero attached hydrogens (tertiary/aromatic N) is 1. The lowest BCUT2D eigenvalue weighted by molar-refractivity contribution is -0.384. The van der Waals surface area contributed by atoms with E-state index in [1.54, 1.807) is 30.3 Å². The molecule has 10 heteroatoms. The Morgan fingerprint density at radius 2 is 1.91 bits per heavy atom. The monoisotopic (exact) mass is 547 g/mol. The van der Waals surface area contributed by atoms with E-state index in [0.717, 1.165) is 11.1 Å². The highest BCUT2D eigenvalue weighted by Crippen LogP contribution is 2.37. The Kier molecular flexibility index (Phi) is 8.72. The maximum Gasteiger partial charge on any atom is 0.271 e. The van der Waals surface area contributed by atoms with Crippen molar-refractivity contribution in [1.82, 2.24) is 0 Å². The van der Waals surface area contributed by atoms with Gasteiger partial charge in [0.25, 0.3) is 11.6 Å². The van der Waals surface area contributed by atoms with Crippen LogP contribution in [-0.2, 0) is 11.3 Å². The molecule has 34 heavy (non-hydrogen) atoms. The number of nitro groups is 1. The Balaban J connectivity index is 1.68. The van der Waals surface area contributed by atoms with Crippen LogP contribution in [0.3, 0.4) is 0 Å². The Bertz CT molecular complexity index is 1210. The minimum absolute atomic E-state index is 0.0103. The van der Waals surface area contributed by atoms with Crippen LogP contribution in [0.4, 0.5) is 17.1 Å². The summed E-state index contributed by atoms with van der Waals surface area (Å²) in [5, 5.41) is 17.5. The van der Waals surface area contributed by atoms with E-state index in [1.165, 1.54) is 12.1 Å². The number of anilines is 2. The smallest absolute Gasteiger partial charge is 0.271 e. The zero-order chi connectivity index (χ0) is 24.7. The van der Waals surface area contributed by atoms with Gasteiger partial charge in [0.05, 0.1) is 16.0 Å². The number of aryl methyl sites for hydroxylation is 1. The molecular weight excluding hydrogens is 526 g/mol. The van der Waals surface area contributed by atoms with Crippen LogP contribution in [0, 0.1) is 17.0 Å². The van der Waals surface area contributed by atoms with Crippen molar-refractivity contribution in [2.45, 2.75) is 20.4 Å². The minimum atomic E-state index is -0.440. The predicted octanol–water partition coefficient (Wildman–Crippen LogP) is 6.35. The van der Waals surface area contributed by atoms with Gasteiger partial charge in [-0.25, -0.2) is 0 Å². The van der Waals surface area contributed by atoms with Crippen molar-refractivity contribution < 1.29 is 19.2 Å². The molecule has 0 spiro atoms. The molecule has 0 radical (unpaired) electrons. The van der Waals surface area contributed by atoms with Gasteiger partial charge < -0.3 is 20.1 Å². The first-order valence-electron chi connectivity index (χ1n) is 10.4. The second-order valence-electron chi connectivity index (χ2n) is 7.30. The quantitative estimate of drug-likeness (QED) is 0.226. The molecule has 0 atom stereocenters. The summed E-state index contributed by atoms with van der Waals surface area (Å²) in [5.41, 5.74) is 2.98. The van der Waals surface area contributed by atoms with Crippen molar-refractivity contribution in [3.63, 3.8) is 0 Å². The van der Waals surface area contributed by atoms with Gasteiger partial charge in [0.15, 0.2) is 18.1 Å². The first-order valence-corrected chi connectivity index (χ1v) is 11.6. The van der Waals surface area contributed by atoms with Crippen molar-refractivity contribution >= 4 is 50.5 Å². The highest BCUT2D eigenvalue weighted by Gasteiger charge is 2.15. The lowest BCUT2D eigenvalue weighted by Crippen LogP contribution is -2.20. The Morgan fingerprint density at radius 1 is 1.12 bits per heavy atom. The summed E-state index contributed by atoms with van der Waals surface area (Å²) in [7, 11) is 0. The number of halogens is 2. The average molecular weight is 549 g/mol. The van der Waals surface area contributed by atoms with E-state index in [0.29, 0.717) is 45.5 Å². The van der Waals surface area contributed by atoms with E-state index in [4.69, 9.17) is 21.1 Å². The molecule has 3 aromatic rings. The number of rotatable bonds is 10. The molecular formula is C24H23BrClN3O5. The Morgan fingerprint density at radius 3 is 2.62 bits per heavy atom. The summed E-state index contributed by atoms with van der Waals surface area (Å²) in [6.45, 7) is 4.30. The third-order valence-corrected chi connectivity index (χ3v) is 5.72. The van der Waals surface area contributed by atoms with Gasteiger partial charge in [-0.1, -0.05) is 23.7 Å². The van der Waals surface area contributed by atoms with Crippen LogP contribution < -0.4 is 20.1 Å². The first kappa shape index (κ1) is 25.3. The third kappa shape index (κ3) is 6.85. The maximum absolute atomic E-state index is 12.4. The summed E-state index contributed by atoms with van der Waals surface area (Å²) >= 11 is 9.60. The standard InChI is InChI=1S/C24H23BrClN3O5/c1-3-33-22-10-16(13-27-17-5-4-6-19(11-17)29(31)32)9-20(25)24(22)34-14-23(30)28-18-8-7-15(2)21(26)12-18/h4-12,27H,3,13-14H2,1-2H3,(H,28,30). The highest BCUT2D eigenvalue weighted by molar-refractivity contribution is 9.10. The van der Waals surface area contributed by atoms with Crippen LogP contribution in [-0.4, -0.2) is 24.0 Å². The Labute approximate surface area is 210 Å². The summed E-state index contributed by atoms with van der Waals surface area (Å²) in [5.74, 6) is 0.530. The van der Waals surface area contributed by atoms with E-state index in [2.05, 4.69) is 26.6 Å². The molecule has 0 aliphatic carbocycles. The van der Waals surface area contributed by atoms with Crippen molar-refractivity contribution in [3.05, 3.63) is 85.3 Å². The van der Waals surface area contributed by atoms with Gasteiger partial charge in [-0.3, -0.25) is 14.9 Å². The normalized spacial score (nSPS) is 10.5. The fourth-order valence-electron chi connectivity index (χ4n) is 3.07. The fraction of sp³-hybridized carbons (Fsp3) is 0.208. The van der Waals surface area contributed by atoms with Crippen LogP contribution in [0.25, 0.3) is 0 Å². The van der Waals surface area contributed by atoms with E-state index in [9.17, 15) is 14.9 Å². The van der Waals surface area contributed by atoms with Gasteiger partial charge in [-0.2, -0.15) is 0 Å². The van der Waals surface area contributed by atoms with Crippen molar-refractivity contribution in [3.8, 4) is 11.5 Å². The zero-order valence-corrected chi connectivity index (χ0v) is 20.9. The van der Waals surface area contributed by atoms with E-state index >= 15 is 0 Å². The van der Waals surface area contributed by atoms with Gasteiger partial charge in [-0.15, -0.1) is 0 Å². The van der Waals surface area contributed by atoms with Crippen LogP contribution in [0.5, 0.6) is 11.5 Å². The lowest BCUT2D eigenvalue weighted by Gasteiger charge is -2.16. The highest BCUT2D eigenvalue weighted by atomic mass is 79.9. The number of non-ortho nitro benzene ring substituents is 1. The number of carbonyl (C=O) groups is 1. The van der Waals surface area contributed by atoms with Crippen LogP contribution in [0.1, 0.15) is 18.1 Å². The molecule has 0 bridgehead atoms. The van der Waals surface area contributed by atoms with Gasteiger partial charge in [0.2, 0.25) is 0 Å². The van der Waals surface area contributed by atoms with Crippen LogP contribution in [0.2, 0.25) is 5.02 Å². The number of benzene rings is 3. The second-order valence-corrected chi connectivity index (χ2v) is 8.56. The first-order chi connectivity index (χ1) is 16.3. The summed E-state index contributed by atoms with van der Waals surface area (Å²) in [4.78, 5) is 22.9. The molecule has 178 valence electrons. The maximum atomic E-state index is 12.4. The number of hydrogen-bond acceptors (Lipinski definition) is 6. The second kappa shape index (κ2) is 11.7. The zero-order valence-electron chi connectivity index (χ0n) is 18.6. The lowest BCUT2D eigenvalue weighted by atomic mass is 10.2. The molecule has 0 aliphatic heterocycles. The molecule has 0 unspecified atom stereocenters. The van der Waals surface area contributed by atoms with Gasteiger partial charge in [-0.05, 0) is 71.2 Å². The summed E-state index contributed by atoms with van der Waals surface area (Å²) < 4.78 is 12.1. The molecule has 8 nitrogen and oxygen atoms in total. The molecule has 3 rings (SSSR count). The van der Waals surface area contributed by atoms with Gasteiger partial charge >= 0.3 is 0 Å². The van der Waals surface area contributed by atoms with Crippen molar-refractivity contribution in [2.24, 2.45) is 0 Å². The third-order valence-electron chi connectivity index (χ3n) is 4.73. The van der Waals surface area contributed by atoms with Crippen LogP contribution >= 0.6 is 27.5 Å². The summed E-state index contributed by atoms with van der Waals surface area (Å²) in [6, 6.07) is 15.2. The molecule has 0 heterocycles. The Hall–Kier alpha value is -3.30.